The molecule has 0 saturated carbocycles. The minimum atomic E-state index is 0.278. The molecule has 0 unspecified atom stereocenters. The first-order chi connectivity index (χ1) is 10.3. The number of benzene rings is 1. The maximum Gasteiger partial charge on any atom is 0.172 e. The second-order valence-electron chi connectivity index (χ2n) is 4.92. The second kappa shape index (κ2) is 10.9. The molecule has 116 valence electrons. The number of hydrogen-bond donors (Lipinski definition) is 0. The molecule has 4 nitrogen and oxygen atoms in total. The molecule has 0 aliphatic rings. The van der Waals surface area contributed by atoms with Gasteiger partial charge in [0, 0.05) is 5.56 Å². The molecule has 0 N–H and O–H groups in total. The Labute approximate surface area is 127 Å². The van der Waals surface area contributed by atoms with Crippen LogP contribution in [0, 0.1) is 0 Å². The van der Waals surface area contributed by atoms with Crippen LogP contribution in [0.5, 0.6) is 5.75 Å². The summed E-state index contributed by atoms with van der Waals surface area (Å²) in [6, 6.07) is 7.31. The number of aldehydes is 1. The van der Waals surface area contributed by atoms with Crippen LogP contribution < -0.4 is 4.74 Å². The number of carbonyl (C=O) groups excluding carboxylic acids is 1. The van der Waals surface area contributed by atoms with Crippen LogP contribution in [0.4, 0.5) is 0 Å². The number of oxime groups is 1. The van der Waals surface area contributed by atoms with Crippen molar-refractivity contribution in [1.29, 1.82) is 0 Å². The van der Waals surface area contributed by atoms with E-state index >= 15 is 0 Å². The van der Waals surface area contributed by atoms with Crippen LogP contribution in [-0.4, -0.2) is 25.7 Å². The van der Waals surface area contributed by atoms with Gasteiger partial charge in [-0.1, -0.05) is 44.2 Å². The maximum absolute atomic E-state index is 10.9. The largest absolute Gasteiger partial charge is 0.494 e. The van der Waals surface area contributed by atoms with Gasteiger partial charge in [0.1, 0.15) is 18.6 Å². The zero-order chi connectivity index (χ0) is 15.3. The van der Waals surface area contributed by atoms with Crippen molar-refractivity contribution >= 4 is 12.0 Å². The van der Waals surface area contributed by atoms with E-state index in [0.29, 0.717) is 6.29 Å². The van der Waals surface area contributed by atoms with Gasteiger partial charge in [0.15, 0.2) is 6.29 Å². The minimum absolute atomic E-state index is 0.278. The van der Waals surface area contributed by atoms with Crippen molar-refractivity contribution in [3.8, 4) is 5.75 Å². The van der Waals surface area contributed by atoms with Crippen LogP contribution >= 0.6 is 0 Å². The zero-order valence-electron chi connectivity index (χ0n) is 13.0. The molecular formula is C17H25NO3. The van der Waals surface area contributed by atoms with E-state index in [1.54, 1.807) is 0 Å². The summed E-state index contributed by atoms with van der Waals surface area (Å²) in [5.41, 5.74) is 0.999. The predicted molar refractivity (Wildman–Crippen MR) is 84.9 cm³/mol. The molecule has 0 fully saturated rings. The highest BCUT2D eigenvalue weighted by Crippen LogP contribution is 2.14. The van der Waals surface area contributed by atoms with E-state index < -0.39 is 0 Å². The monoisotopic (exact) mass is 291 g/mol. The molecule has 0 aliphatic heterocycles. The number of unbranched alkanes of at least 4 members (excludes halogenated alkanes) is 5. The molecule has 0 radical (unpaired) electrons. The molecular weight excluding hydrogens is 266 g/mol. The van der Waals surface area contributed by atoms with Crippen molar-refractivity contribution in [1.82, 2.24) is 0 Å². The Morgan fingerprint density at radius 1 is 1.10 bits per heavy atom. The average Bonchev–Trinajstić information content (AvgIpc) is 2.52. The van der Waals surface area contributed by atoms with Crippen LogP contribution in [0.3, 0.4) is 0 Å². The fourth-order valence-corrected chi connectivity index (χ4v) is 2.03. The molecule has 1 aromatic carbocycles. The van der Waals surface area contributed by atoms with Crippen molar-refractivity contribution in [3.05, 3.63) is 29.8 Å². The molecule has 0 aromatic heterocycles. The minimum Gasteiger partial charge on any atom is -0.494 e. The molecule has 0 saturated heterocycles. The van der Waals surface area contributed by atoms with Gasteiger partial charge >= 0.3 is 0 Å². The lowest BCUT2D eigenvalue weighted by Crippen LogP contribution is -2.03. The highest BCUT2D eigenvalue weighted by molar-refractivity contribution is 6.36. The van der Waals surface area contributed by atoms with E-state index in [1.807, 2.05) is 24.3 Å². The molecule has 0 spiro atoms. The third kappa shape index (κ3) is 6.93. The van der Waals surface area contributed by atoms with Gasteiger partial charge in [-0.15, -0.1) is 0 Å². The summed E-state index contributed by atoms with van der Waals surface area (Å²) < 4.78 is 5.68. The Kier molecular flexibility index (Phi) is 8.93. The van der Waals surface area contributed by atoms with Gasteiger partial charge in [0.2, 0.25) is 0 Å². The Balaban J connectivity index is 2.31. The lowest BCUT2D eigenvalue weighted by Gasteiger charge is -2.07. The van der Waals surface area contributed by atoms with Crippen molar-refractivity contribution in [2.45, 2.75) is 45.4 Å². The van der Waals surface area contributed by atoms with Crippen molar-refractivity contribution in [2.24, 2.45) is 5.16 Å². The summed E-state index contributed by atoms with van der Waals surface area (Å²) in [4.78, 5) is 15.5. The normalized spacial score (nSPS) is 11.2. The highest BCUT2D eigenvalue weighted by Gasteiger charge is 2.03. The third-order valence-corrected chi connectivity index (χ3v) is 3.22. The first-order valence-electron chi connectivity index (χ1n) is 7.61. The summed E-state index contributed by atoms with van der Waals surface area (Å²) in [5, 5.41) is 3.66. The summed E-state index contributed by atoms with van der Waals surface area (Å²) >= 11 is 0. The number of rotatable bonds is 11. The lowest BCUT2D eigenvalue weighted by molar-refractivity contribution is -0.102. The van der Waals surface area contributed by atoms with Crippen LogP contribution in [0.2, 0.25) is 0 Å². The van der Waals surface area contributed by atoms with Gasteiger partial charge in [-0.3, -0.25) is 4.79 Å². The standard InChI is InChI=1S/C17H25NO3/c1-3-4-5-6-7-8-13-21-16-11-9-15(10-12-16)17(14-19)18-20-2/h9-12,14H,3-8,13H2,1-2H3/b18-17-. The van der Waals surface area contributed by atoms with Crippen LogP contribution in [0.25, 0.3) is 0 Å². The van der Waals surface area contributed by atoms with Gasteiger partial charge in [-0.05, 0) is 30.7 Å². The van der Waals surface area contributed by atoms with E-state index in [9.17, 15) is 4.79 Å². The molecule has 4 heteroatoms. The van der Waals surface area contributed by atoms with E-state index in [2.05, 4.69) is 16.9 Å². The summed E-state index contributed by atoms with van der Waals surface area (Å²) in [6.45, 7) is 2.96. The molecule has 0 atom stereocenters. The number of hydrogen-bond acceptors (Lipinski definition) is 4. The molecule has 0 amide bonds. The Morgan fingerprint density at radius 3 is 2.38 bits per heavy atom. The highest BCUT2D eigenvalue weighted by atomic mass is 16.6. The quantitative estimate of drug-likeness (QED) is 0.268. The SMILES string of the molecule is CCCCCCCCOc1ccc(/C(C=O)=N\OC)cc1. The van der Waals surface area contributed by atoms with Gasteiger partial charge in [0.05, 0.1) is 6.61 Å². The second-order valence-corrected chi connectivity index (χ2v) is 4.92. The molecule has 0 bridgehead atoms. The van der Waals surface area contributed by atoms with E-state index in [1.165, 1.54) is 39.2 Å². The van der Waals surface area contributed by atoms with Gasteiger partial charge in [-0.25, -0.2) is 0 Å². The molecule has 1 rings (SSSR count). The number of ether oxygens (including phenoxy) is 1. The molecule has 1 aromatic rings. The smallest absolute Gasteiger partial charge is 0.172 e. The van der Waals surface area contributed by atoms with E-state index in [-0.39, 0.29) is 5.71 Å². The first-order valence-corrected chi connectivity index (χ1v) is 7.61. The van der Waals surface area contributed by atoms with Crippen molar-refractivity contribution < 1.29 is 14.4 Å². The number of carbonyl (C=O) groups is 1. The average molecular weight is 291 g/mol. The van der Waals surface area contributed by atoms with Gasteiger partial charge < -0.3 is 9.57 Å². The Bertz CT molecular complexity index is 426. The molecule has 0 aliphatic carbocycles. The zero-order valence-corrected chi connectivity index (χ0v) is 13.0. The maximum atomic E-state index is 10.9. The fourth-order valence-electron chi connectivity index (χ4n) is 2.03. The van der Waals surface area contributed by atoms with Crippen molar-refractivity contribution in [2.75, 3.05) is 13.7 Å². The number of nitrogens with zero attached hydrogens (tertiary/aromatic N) is 1. The fraction of sp³-hybridized carbons (Fsp3) is 0.529. The third-order valence-electron chi connectivity index (χ3n) is 3.22. The van der Waals surface area contributed by atoms with Crippen molar-refractivity contribution in [3.63, 3.8) is 0 Å². The topological polar surface area (TPSA) is 47.9 Å². The van der Waals surface area contributed by atoms with Crippen LogP contribution in [0.1, 0.15) is 51.0 Å². The summed E-state index contributed by atoms with van der Waals surface area (Å²) in [7, 11) is 1.42. The molecule has 21 heavy (non-hydrogen) atoms. The lowest BCUT2D eigenvalue weighted by atomic mass is 10.1. The van der Waals surface area contributed by atoms with E-state index in [0.717, 1.165) is 24.3 Å². The Hall–Kier alpha value is -1.84. The Morgan fingerprint density at radius 2 is 1.76 bits per heavy atom. The molecule has 0 heterocycles. The predicted octanol–water partition coefficient (Wildman–Crippen LogP) is 3.98. The van der Waals surface area contributed by atoms with Gasteiger partial charge in [-0.2, -0.15) is 0 Å². The van der Waals surface area contributed by atoms with Crippen LogP contribution in [0.15, 0.2) is 29.4 Å². The van der Waals surface area contributed by atoms with Gasteiger partial charge in [0.25, 0.3) is 0 Å². The van der Waals surface area contributed by atoms with Crippen LogP contribution in [-0.2, 0) is 9.63 Å². The first kappa shape index (κ1) is 17.2. The summed E-state index contributed by atoms with van der Waals surface area (Å²) in [5.74, 6) is 0.815. The summed E-state index contributed by atoms with van der Waals surface area (Å²) in [6.07, 6.45) is 8.17. The van der Waals surface area contributed by atoms with E-state index in [4.69, 9.17) is 4.74 Å².